The number of hydrogen-bond acceptors (Lipinski definition) is 6. The summed E-state index contributed by atoms with van der Waals surface area (Å²) in [6.07, 6.45) is 0.417. The van der Waals surface area contributed by atoms with E-state index in [4.69, 9.17) is 0 Å². The molecule has 1 atom stereocenters. The van der Waals surface area contributed by atoms with Gasteiger partial charge in [-0.05, 0) is 52.9 Å². The molecule has 0 saturated heterocycles. The lowest BCUT2D eigenvalue weighted by atomic mass is 9.95. The van der Waals surface area contributed by atoms with E-state index < -0.39 is 27.9 Å². The second-order valence-corrected chi connectivity index (χ2v) is 12.0. The monoisotopic (exact) mass is 577 g/mol. The first kappa shape index (κ1) is 27.1. The third-order valence-corrected chi connectivity index (χ3v) is 9.50. The number of aliphatic carboxylic acids is 1. The van der Waals surface area contributed by atoms with Crippen LogP contribution in [0.3, 0.4) is 0 Å². The molecule has 9 nitrogen and oxygen atoms in total. The molecule has 0 spiro atoms. The lowest BCUT2D eigenvalue weighted by molar-refractivity contribution is -0.139. The Hall–Kier alpha value is -5.11. The molecule has 1 aliphatic carbocycles. The lowest BCUT2D eigenvalue weighted by Gasteiger charge is -2.29. The highest BCUT2D eigenvalue weighted by atomic mass is 32.2. The number of rotatable bonds is 6. The Kier molecular flexibility index (Phi) is 6.69. The SMILES string of the molecule is N#Cc1cccc(S(=O)(=O)N2CCc3ccc(C(NC(=O)c4cccc5c4-c4ccccc4C5=O)C(=O)O)cc3C2)c1. The number of nitrogens with zero attached hydrogens (tertiary/aromatic N) is 2. The first-order valence-electron chi connectivity index (χ1n) is 13.1. The number of fused-ring (bicyclic) bond motifs is 4. The molecule has 2 N–H and O–H groups in total. The summed E-state index contributed by atoms with van der Waals surface area (Å²) in [5.41, 5.74) is 4.14. The number of nitriles is 1. The number of hydrogen-bond donors (Lipinski definition) is 2. The van der Waals surface area contributed by atoms with Gasteiger partial charge in [-0.3, -0.25) is 9.59 Å². The Balaban J connectivity index is 1.29. The predicted octanol–water partition coefficient (Wildman–Crippen LogP) is 4.07. The molecule has 4 aromatic rings. The van der Waals surface area contributed by atoms with E-state index in [2.05, 4.69) is 5.32 Å². The van der Waals surface area contributed by atoms with Gasteiger partial charge in [0, 0.05) is 35.3 Å². The van der Waals surface area contributed by atoms with E-state index >= 15 is 0 Å². The Labute approximate surface area is 241 Å². The molecule has 1 amide bonds. The summed E-state index contributed by atoms with van der Waals surface area (Å²) in [4.78, 5) is 38.8. The quantitative estimate of drug-likeness (QED) is 0.309. The molecule has 0 aromatic heterocycles. The number of carbonyl (C=O) groups excluding carboxylic acids is 2. The standard InChI is InChI=1S/C32H23N3O6S/c33-17-19-5-3-6-23(15-19)42(40,41)35-14-13-20-11-12-21(16-22(20)18-35)29(32(38)39)34-31(37)27-10-4-9-26-28(27)24-7-1-2-8-25(24)30(26)36/h1-12,15-16,29H,13-14,18H2,(H,34,37)(H,38,39). The summed E-state index contributed by atoms with van der Waals surface area (Å²) >= 11 is 0. The van der Waals surface area contributed by atoms with Crippen molar-refractivity contribution in [2.24, 2.45) is 0 Å². The number of carboxylic acid groups (broad SMARTS) is 1. The van der Waals surface area contributed by atoms with E-state index in [-0.39, 0.29) is 40.5 Å². The highest BCUT2D eigenvalue weighted by molar-refractivity contribution is 7.89. The summed E-state index contributed by atoms with van der Waals surface area (Å²) < 4.78 is 28.0. The fraction of sp³-hybridized carbons (Fsp3) is 0.125. The molecule has 6 rings (SSSR count). The maximum Gasteiger partial charge on any atom is 0.330 e. The Morgan fingerprint density at radius 1 is 0.905 bits per heavy atom. The van der Waals surface area contributed by atoms with Gasteiger partial charge in [0.2, 0.25) is 10.0 Å². The predicted molar refractivity (Wildman–Crippen MR) is 152 cm³/mol. The van der Waals surface area contributed by atoms with Crippen LogP contribution in [0.4, 0.5) is 0 Å². The summed E-state index contributed by atoms with van der Waals surface area (Å²) in [5.74, 6) is -2.14. The van der Waals surface area contributed by atoms with Crippen LogP contribution in [-0.4, -0.2) is 42.0 Å². The van der Waals surface area contributed by atoms with E-state index in [1.165, 1.54) is 28.6 Å². The molecule has 0 radical (unpaired) electrons. The van der Waals surface area contributed by atoms with Crippen LogP contribution in [0.15, 0.2) is 89.8 Å². The molecule has 0 bridgehead atoms. The van der Waals surface area contributed by atoms with E-state index in [1.54, 1.807) is 60.7 Å². The van der Waals surface area contributed by atoms with Gasteiger partial charge in [0.15, 0.2) is 11.8 Å². The van der Waals surface area contributed by atoms with E-state index in [0.29, 0.717) is 34.2 Å². The molecule has 10 heteroatoms. The van der Waals surface area contributed by atoms with Crippen LogP contribution >= 0.6 is 0 Å². The zero-order valence-electron chi connectivity index (χ0n) is 22.1. The van der Waals surface area contributed by atoms with E-state index in [9.17, 15) is 33.2 Å². The van der Waals surface area contributed by atoms with Gasteiger partial charge in [-0.25, -0.2) is 13.2 Å². The zero-order chi connectivity index (χ0) is 29.6. The van der Waals surface area contributed by atoms with E-state index in [0.717, 1.165) is 5.56 Å². The first-order valence-corrected chi connectivity index (χ1v) is 14.6. The molecule has 0 saturated carbocycles. The topological polar surface area (TPSA) is 145 Å². The van der Waals surface area contributed by atoms with Crippen LogP contribution in [-0.2, 0) is 27.8 Å². The molecule has 1 aliphatic heterocycles. The van der Waals surface area contributed by atoms with Crippen molar-refractivity contribution < 1.29 is 27.9 Å². The average molecular weight is 578 g/mol. The fourth-order valence-corrected chi connectivity index (χ4v) is 7.04. The van der Waals surface area contributed by atoms with Crippen molar-refractivity contribution in [2.45, 2.75) is 23.9 Å². The summed E-state index contributed by atoms with van der Waals surface area (Å²) in [5, 5.41) is 21.9. The van der Waals surface area contributed by atoms with Crippen molar-refractivity contribution in [3.05, 3.63) is 124 Å². The number of amides is 1. The number of carboxylic acids is 1. The van der Waals surface area contributed by atoms with Crippen LogP contribution in [0.2, 0.25) is 0 Å². The second-order valence-electron chi connectivity index (χ2n) is 10.1. The lowest BCUT2D eigenvalue weighted by Crippen LogP contribution is -2.37. The zero-order valence-corrected chi connectivity index (χ0v) is 22.9. The van der Waals surface area contributed by atoms with Gasteiger partial charge in [0.05, 0.1) is 16.5 Å². The Morgan fingerprint density at radius 2 is 1.64 bits per heavy atom. The largest absolute Gasteiger partial charge is 0.479 e. The molecule has 42 heavy (non-hydrogen) atoms. The van der Waals surface area contributed by atoms with Gasteiger partial charge in [-0.2, -0.15) is 9.57 Å². The van der Waals surface area contributed by atoms with E-state index in [1.807, 2.05) is 6.07 Å². The van der Waals surface area contributed by atoms with Gasteiger partial charge >= 0.3 is 5.97 Å². The van der Waals surface area contributed by atoms with Crippen LogP contribution in [0.1, 0.15) is 54.6 Å². The molecule has 1 heterocycles. The van der Waals surface area contributed by atoms with Gasteiger partial charge in [-0.1, -0.05) is 60.7 Å². The normalized spacial score (nSPS) is 14.7. The van der Waals surface area contributed by atoms with Crippen LogP contribution in [0.25, 0.3) is 11.1 Å². The maximum absolute atomic E-state index is 13.5. The smallest absolute Gasteiger partial charge is 0.330 e. The second kappa shape index (κ2) is 10.4. The van der Waals surface area contributed by atoms with Gasteiger partial charge in [-0.15, -0.1) is 0 Å². The third kappa shape index (κ3) is 4.55. The van der Waals surface area contributed by atoms with Crippen molar-refractivity contribution in [3.63, 3.8) is 0 Å². The molecular weight excluding hydrogens is 554 g/mol. The number of nitrogens with one attached hydrogen (secondary N) is 1. The molecule has 0 fully saturated rings. The first-order chi connectivity index (χ1) is 20.2. The van der Waals surface area contributed by atoms with Gasteiger partial charge < -0.3 is 10.4 Å². The Morgan fingerprint density at radius 3 is 2.40 bits per heavy atom. The van der Waals surface area contributed by atoms with Gasteiger partial charge in [0.25, 0.3) is 5.91 Å². The van der Waals surface area contributed by atoms with Crippen molar-refractivity contribution >= 4 is 27.7 Å². The van der Waals surface area contributed by atoms with Crippen molar-refractivity contribution in [1.82, 2.24) is 9.62 Å². The third-order valence-electron chi connectivity index (χ3n) is 7.66. The van der Waals surface area contributed by atoms with Crippen LogP contribution < -0.4 is 5.32 Å². The van der Waals surface area contributed by atoms with Crippen LogP contribution in [0, 0.1) is 11.3 Å². The number of carbonyl (C=O) groups is 3. The van der Waals surface area contributed by atoms with Gasteiger partial charge in [0.1, 0.15) is 0 Å². The Bertz CT molecular complexity index is 1960. The van der Waals surface area contributed by atoms with Crippen molar-refractivity contribution in [2.75, 3.05) is 6.54 Å². The molecule has 208 valence electrons. The van der Waals surface area contributed by atoms with Crippen molar-refractivity contribution in [1.29, 1.82) is 5.26 Å². The molecule has 2 aliphatic rings. The molecular formula is C32H23N3O6S. The van der Waals surface area contributed by atoms with Crippen LogP contribution in [0.5, 0.6) is 0 Å². The highest BCUT2D eigenvalue weighted by Crippen LogP contribution is 2.39. The number of sulfonamides is 1. The highest BCUT2D eigenvalue weighted by Gasteiger charge is 2.33. The summed E-state index contributed by atoms with van der Waals surface area (Å²) in [6.45, 7) is 0.234. The minimum Gasteiger partial charge on any atom is -0.479 e. The summed E-state index contributed by atoms with van der Waals surface area (Å²) in [7, 11) is -3.91. The molecule has 4 aromatic carbocycles. The average Bonchev–Trinajstić information content (AvgIpc) is 3.31. The maximum atomic E-state index is 13.5. The van der Waals surface area contributed by atoms with Crippen molar-refractivity contribution in [3.8, 4) is 17.2 Å². The number of ketones is 1. The summed E-state index contributed by atoms with van der Waals surface area (Å²) in [6, 6.07) is 23.0. The minimum atomic E-state index is -3.91. The fourth-order valence-electron chi connectivity index (χ4n) is 5.57. The number of benzene rings is 4. The molecule has 1 unspecified atom stereocenters. The minimum absolute atomic E-state index is 0.00674.